The van der Waals surface area contributed by atoms with Crippen molar-refractivity contribution in [2.24, 2.45) is 0 Å². The molecule has 0 aliphatic rings. The van der Waals surface area contributed by atoms with E-state index < -0.39 is 34.0 Å². The normalized spacial score (nSPS) is 23.1. The summed E-state index contributed by atoms with van der Waals surface area (Å²) in [5, 5.41) is 0. The van der Waals surface area contributed by atoms with Crippen LogP contribution in [0.25, 0.3) is 0 Å². The third-order valence-corrected chi connectivity index (χ3v) is 3.08. The molecular formula is C12H27O4P. The minimum absolute atomic E-state index is 0.106. The summed E-state index contributed by atoms with van der Waals surface area (Å²) in [4.78, 5) is 0. The van der Waals surface area contributed by atoms with E-state index in [1.807, 2.05) is 13.8 Å². The van der Waals surface area contributed by atoms with Gasteiger partial charge in [-0.05, 0) is 19.2 Å². The van der Waals surface area contributed by atoms with Gasteiger partial charge in [-0.25, -0.2) is 4.57 Å². The van der Waals surface area contributed by atoms with Crippen molar-refractivity contribution < 1.29 is 30.5 Å². The topological polar surface area (TPSA) is 44.8 Å². The van der Waals surface area contributed by atoms with Crippen molar-refractivity contribution in [2.45, 2.75) is 59.1 Å². The van der Waals surface area contributed by atoms with Crippen LogP contribution < -0.4 is 0 Å². The van der Waals surface area contributed by atoms with Gasteiger partial charge in [-0.3, -0.25) is 13.6 Å². The fraction of sp³-hybridized carbons (Fsp3) is 1.00. The number of unbranched alkanes of at least 4 members (excludes halogenated alkanes) is 2. The standard InChI is InChI=1S/C12H27O4P/c1-4-7-10-14-17(13,15-11-8-5-2)16-12-9-6-3/h4-12H2,1-3H3/i1D3,4D2,7D2,10D2. The summed E-state index contributed by atoms with van der Waals surface area (Å²) >= 11 is 0. The molecule has 5 heteroatoms. The van der Waals surface area contributed by atoms with Crippen LogP contribution in [0.5, 0.6) is 0 Å². The average molecular weight is 275 g/mol. The van der Waals surface area contributed by atoms with Gasteiger partial charge in [0.2, 0.25) is 0 Å². The maximum Gasteiger partial charge on any atom is 0.474 e. The molecule has 0 atom stereocenters. The van der Waals surface area contributed by atoms with Crippen molar-refractivity contribution in [3.8, 4) is 0 Å². The molecule has 0 bridgehead atoms. The summed E-state index contributed by atoms with van der Waals surface area (Å²) in [6.07, 6.45) is -5.05. The summed E-state index contributed by atoms with van der Waals surface area (Å²) in [5.41, 5.74) is 0. The van der Waals surface area contributed by atoms with E-state index in [2.05, 4.69) is 4.52 Å². The number of phosphoric ester groups is 1. The van der Waals surface area contributed by atoms with Crippen LogP contribution in [0.4, 0.5) is 0 Å². The molecule has 4 nitrogen and oxygen atoms in total. The summed E-state index contributed by atoms with van der Waals surface area (Å²) in [6.45, 7) is -3.63. The molecule has 0 radical (unpaired) electrons. The van der Waals surface area contributed by atoms with Crippen molar-refractivity contribution >= 4 is 7.82 Å². The molecule has 0 fully saturated rings. The Hall–Kier alpha value is 0.110. The van der Waals surface area contributed by atoms with E-state index in [9.17, 15) is 4.57 Å². The lowest BCUT2D eigenvalue weighted by molar-refractivity contribution is 0.110. The number of hydrogen-bond acceptors (Lipinski definition) is 4. The third kappa shape index (κ3) is 9.78. The van der Waals surface area contributed by atoms with E-state index in [-0.39, 0.29) is 13.2 Å². The van der Waals surface area contributed by atoms with Crippen LogP contribution in [0.15, 0.2) is 0 Å². The Kier molecular flexibility index (Phi) is 4.65. The summed E-state index contributed by atoms with van der Waals surface area (Å²) in [7, 11) is -4.58. The van der Waals surface area contributed by atoms with Crippen LogP contribution in [0.3, 0.4) is 0 Å². The van der Waals surface area contributed by atoms with Gasteiger partial charge in [-0.2, -0.15) is 0 Å². The van der Waals surface area contributed by atoms with Gasteiger partial charge in [0.1, 0.15) is 0 Å². The van der Waals surface area contributed by atoms with E-state index in [1.54, 1.807) is 0 Å². The predicted octanol–water partition coefficient (Wildman–Crippen LogP) is 4.54. The van der Waals surface area contributed by atoms with Gasteiger partial charge < -0.3 is 0 Å². The molecule has 0 N–H and O–H groups in total. The maximum atomic E-state index is 12.7. The van der Waals surface area contributed by atoms with Crippen molar-refractivity contribution in [3.63, 3.8) is 0 Å². The highest BCUT2D eigenvalue weighted by Crippen LogP contribution is 2.49. The molecule has 0 heterocycles. The minimum atomic E-state index is -4.58. The molecule has 0 rings (SSSR count). The van der Waals surface area contributed by atoms with Crippen molar-refractivity contribution in [1.82, 2.24) is 0 Å². The second-order valence-corrected chi connectivity index (χ2v) is 4.86. The molecule has 0 aromatic rings. The van der Waals surface area contributed by atoms with Gasteiger partial charge in [0.25, 0.3) is 0 Å². The summed E-state index contributed by atoms with van der Waals surface area (Å²) in [6, 6.07) is 0. The molecule has 0 amide bonds. The van der Waals surface area contributed by atoms with Gasteiger partial charge >= 0.3 is 7.82 Å². The Morgan fingerprint density at radius 1 is 1.12 bits per heavy atom. The van der Waals surface area contributed by atoms with E-state index in [0.717, 1.165) is 0 Å². The fourth-order valence-corrected chi connectivity index (χ4v) is 1.88. The third-order valence-electron chi connectivity index (χ3n) is 1.77. The first-order valence-electron chi connectivity index (χ1n) is 10.2. The Labute approximate surface area is 118 Å². The lowest BCUT2D eigenvalue weighted by Crippen LogP contribution is -2.03. The molecule has 0 aromatic heterocycles. The van der Waals surface area contributed by atoms with Crippen LogP contribution >= 0.6 is 7.82 Å². The lowest BCUT2D eigenvalue weighted by atomic mass is 10.4. The van der Waals surface area contributed by atoms with E-state index in [0.29, 0.717) is 25.7 Å². The molecule has 0 aromatic carbocycles. The second kappa shape index (κ2) is 11.2. The van der Waals surface area contributed by atoms with E-state index in [4.69, 9.17) is 21.4 Å². The van der Waals surface area contributed by atoms with Crippen molar-refractivity contribution in [3.05, 3.63) is 0 Å². The minimum Gasteiger partial charge on any atom is -0.287 e. The predicted molar refractivity (Wildman–Crippen MR) is 70.2 cm³/mol. The largest absolute Gasteiger partial charge is 0.474 e. The average Bonchev–Trinajstić information content (AvgIpc) is 2.45. The Morgan fingerprint density at radius 3 is 2.18 bits per heavy atom. The van der Waals surface area contributed by atoms with Crippen LogP contribution in [-0.4, -0.2) is 19.8 Å². The first kappa shape index (κ1) is 7.04. The molecule has 0 saturated heterocycles. The van der Waals surface area contributed by atoms with Crippen molar-refractivity contribution in [2.75, 3.05) is 19.8 Å². The van der Waals surface area contributed by atoms with Crippen LogP contribution in [0.2, 0.25) is 0 Å². The first-order chi connectivity index (χ1) is 11.6. The molecular weight excluding hydrogens is 239 g/mol. The molecule has 0 aliphatic heterocycles. The van der Waals surface area contributed by atoms with Crippen LogP contribution in [0, 0.1) is 0 Å². The van der Waals surface area contributed by atoms with E-state index in [1.165, 1.54) is 0 Å². The quantitative estimate of drug-likeness (QED) is 0.387. The Morgan fingerprint density at radius 2 is 1.71 bits per heavy atom. The highest BCUT2D eigenvalue weighted by molar-refractivity contribution is 7.48. The lowest BCUT2D eigenvalue weighted by Gasteiger charge is -2.17. The monoisotopic (exact) mass is 275 g/mol. The Balaban J connectivity index is 5.58. The van der Waals surface area contributed by atoms with E-state index >= 15 is 0 Å². The summed E-state index contributed by atoms with van der Waals surface area (Å²) < 4.78 is 94.6. The molecule has 0 aliphatic carbocycles. The molecule has 17 heavy (non-hydrogen) atoms. The zero-order valence-electron chi connectivity index (χ0n) is 19.3. The second-order valence-electron chi connectivity index (χ2n) is 3.26. The smallest absolute Gasteiger partial charge is 0.287 e. The van der Waals surface area contributed by atoms with Gasteiger partial charge in [0.15, 0.2) is 0 Å². The van der Waals surface area contributed by atoms with Crippen LogP contribution in [0.1, 0.15) is 71.5 Å². The van der Waals surface area contributed by atoms with Gasteiger partial charge in [0.05, 0.1) is 22.5 Å². The molecule has 104 valence electrons. The highest BCUT2D eigenvalue weighted by atomic mass is 31.2. The van der Waals surface area contributed by atoms with Crippen molar-refractivity contribution in [1.29, 1.82) is 0 Å². The Bertz CT molecular complexity index is 468. The number of rotatable bonds is 12. The van der Waals surface area contributed by atoms with Gasteiger partial charge in [-0.15, -0.1) is 0 Å². The SMILES string of the molecule is [2H]C([2H])([2H])C([2H])([2H])C([2H])([2H])C([2H])([2H])OP(=O)(OCCCC)OCCCC. The number of hydrogen-bond donors (Lipinski definition) is 0. The van der Waals surface area contributed by atoms with Gasteiger partial charge in [-0.1, -0.05) is 39.9 Å². The molecule has 0 spiro atoms. The zero-order valence-corrected chi connectivity index (χ0v) is 11.2. The molecule has 0 saturated carbocycles. The molecule has 0 unspecified atom stereocenters. The maximum absolute atomic E-state index is 12.7. The highest BCUT2D eigenvalue weighted by Gasteiger charge is 2.25. The zero-order chi connectivity index (χ0) is 20.9. The first-order valence-corrected chi connectivity index (χ1v) is 7.14. The summed E-state index contributed by atoms with van der Waals surface area (Å²) in [5.74, 6) is 0. The number of phosphoric acid groups is 1. The van der Waals surface area contributed by atoms with Crippen LogP contribution in [-0.2, 0) is 18.1 Å². The fourth-order valence-electron chi connectivity index (χ4n) is 0.836. The van der Waals surface area contributed by atoms with Gasteiger partial charge in [0, 0.05) is 9.60 Å².